The van der Waals surface area contributed by atoms with Gasteiger partial charge in [0.1, 0.15) is 0 Å². The third kappa shape index (κ3) is 5.87. The van der Waals surface area contributed by atoms with Gasteiger partial charge in [0.25, 0.3) is 0 Å². The summed E-state index contributed by atoms with van der Waals surface area (Å²) in [6, 6.07) is 94.1. The number of hydrogen-bond donors (Lipinski definition) is 0. The minimum Gasteiger partial charge on any atom is -0.309 e. The van der Waals surface area contributed by atoms with Crippen LogP contribution in [0.25, 0.3) is 143 Å². The third-order valence-corrected chi connectivity index (χ3v) is 15.1. The molecule has 12 aromatic carbocycles. The van der Waals surface area contributed by atoms with Gasteiger partial charge in [-0.2, -0.15) is 0 Å². The fourth-order valence-corrected chi connectivity index (χ4v) is 11.7. The van der Waals surface area contributed by atoms with Gasteiger partial charge < -0.3 is 9.13 Å². The van der Waals surface area contributed by atoms with E-state index in [1.54, 1.807) is 0 Å². The quantitative estimate of drug-likeness (QED) is 0.147. The summed E-state index contributed by atoms with van der Waals surface area (Å²) in [5.41, 5.74) is 22.1. The van der Waals surface area contributed by atoms with Crippen molar-refractivity contribution in [1.29, 1.82) is 0 Å². The molecule has 0 bridgehead atoms. The average Bonchev–Trinajstić information content (AvgIpc) is 4.06. The summed E-state index contributed by atoms with van der Waals surface area (Å²) in [7, 11) is 0. The van der Waals surface area contributed by atoms with Crippen LogP contribution in [0.1, 0.15) is 0 Å². The Hall–Kier alpha value is -9.24. The first kappa shape index (κ1) is 38.8. The van der Waals surface area contributed by atoms with E-state index in [0.29, 0.717) is 0 Å². The number of rotatable bonds is 6. The van der Waals surface area contributed by atoms with Crippen molar-refractivity contribution in [2.24, 2.45) is 0 Å². The molecule has 2 aromatic heterocycles. The largest absolute Gasteiger partial charge is 0.309 e. The second kappa shape index (κ2) is 15.1. The number of benzene rings is 12. The molecule has 2 nitrogen and oxygen atoms in total. The zero-order valence-electron chi connectivity index (χ0n) is 38.1. The molecule has 14 aromatic rings. The van der Waals surface area contributed by atoms with E-state index >= 15 is 0 Å². The van der Waals surface area contributed by atoms with Gasteiger partial charge in [-0.05, 0) is 161 Å². The van der Waals surface area contributed by atoms with Gasteiger partial charge in [-0.15, -0.1) is 0 Å². The van der Waals surface area contributed by atoms with Crippen molar-refractivity contribution in [2.75, 3.05) is 0 Å². The highest BCUT2D eigenvalue weighted by Crippen LogP contribution is 2.50. The standard InChI is InChI=1S/C68H42N2/c1-2-11-43(12-3-1)44-21-23-45(24-22-44)46-25-32-52(33-26-46)69-64-19-8-6-15-56(64)61-40-49(30-37-66(61)69)50-31-38-67-62(41-50)57-16-7-9-20-65(57)70(67)53-34-27-47(28-35-53)48-29-36-55-59-18-10-17-58-54-14-5-4-13-51(54)42-63(68(58)59)60(55)39-48/h1-42H. The number of aromatic nitrogens is 2. The SMILES string of the molecule is c1ccc(-c2ccc(-c3ccc(-n4c5ccccc5c5cc(-c6ccc7c(c6)c6ccccc6n7-c6ccc(-c7ccc8c(c7)-c7cc9ccccc9c9cccc-8c79)cc6)ccc54)cc3)cc2)cc1. The van der Waals surface area contributed by atoms with Crippen molar-refractivity contribution in [3.8, 4) is 78.1 Å². The lowest BCUT2D eigenvalue weighted by molar-refractivity contribution is 1.18. The Bertz CT molecular complexity index is 4420. The normalized spacial score (nSPS) is 12.0. The van der Waals surface area contributed by atoms with E-state index in [1.165, 1.54) is 132 Å². The third-order valence-electron chi connectivity index (χ3n) is 15.1. The van der Waals surface area contributed by atoms with Gasteiger partial charge in [-0.25, -0.2) is 0 Å². The summed E-state index contributed by atoms with van der Waals surface area (Å²) in [5.74, 6) is 0. The number of nitrogens with zero attached hydrogens (tertiary/aromatic N) is 2. The lowest BCUT2D eigenvalue weighted by atomic mass is 9.95. The predicted octanol–water partition coefficient (Wildman–Crippen LogP) is 18.5. The van der Waals surface area contributed by atoms with Crippen molar-refractivity contribution in [3.63, 3.8) is 0 Å². The van der Waals surface area contributed by atoms with Gasteiger partial charge in [0, 0.05) is 32.9 Å². The van der Waals surface area contributed by atoms with E-state index in [9.17, 15) is 0 Å². The average molecular weight is 887 g/mol. The van der Waals surface area contributed by atoms with E-state index in [-0.39, 0.29) is 0 Å². The zero-order valence-corrected chi connectivity index (χ0v) is 38.1. The smallest absolute Gasteiger partial charge is 0.0541 e. The van der Waals surface area contributed by atoms with Crippen LogP contribution in [-0.2, 0) is 0 Å². The van der Waals surface area contributed by atoms with Crippen LogP contribution < -0.4 is 0 Å². The van der Waals surface area contributed by atoms with Crippen LogP contribution >= 0.6 is 0 Å². The van der Waals surface area contributed by atoms with Gasteiger partial charge >= 0.3 is 0 Å². The highest BCUT2D eigenvalue weighted by atomic mass is 15.0. The molecule has 1 aliphatic carbocycles. The fourth-order valence-electron chi connectivity index (χ4n) is 11.7. The van der Waals surface area contributed by atoms with Crippen LogP contribution in [-0.4, -0.2) is 9.13 Å². The van der Waals surface area contributed by atoms with Crippen LogP contribution in [0.4, 0.5) is 0 Å². The molecular formula is C68H42N2. The van der Waals surface area contributed by atoms with Crippen molar-refractivity contribution >= 4 is 65.2 Å². The Balaban J connectivity index is 0.766. The molecule has 2 heteroatoms. The maximum absolute atomic E-state index is 2.42. The van der Waals surface area contributed by atoms with E-state index in [2.05, 4.69) is 264 Å². The molecule has 0 aliphatic heterocycles. The van der Waals surface area contributed by atoms with Crippen LogP contribution in [0, 0.1) is 0 Å². The monoisotopic (exact) mass is 886 g/mol. The molecule has 0 N–H and O–H groups in total. The summed E-state index contributed by atoms with van der Waals surface area (Å²) in [4.78, 5) is 0. The van der Waals surface area contributed by atoms with Crippen molar-refractivity contribution in [1.82, 2.24) is 9.13 Å². The molecule has 2 heterocycles. The van der Waals surface area contributed by atoms with E-state index in [1.807, 2.05) is 0 Å². The van der Waals surface area contributed by atoms with E-state index in [4.69, 9.17) is 0 Å². The molecule has 0 amide bonds. The number of para-hydroxylation sites is 2. The van der Waals surface area contributed by atoms with Crippen molar-refractivity contribution in [3.05, 3.63) is 255 Å². The first-order valence-electron chi connectivity index (χ1n) is 24.2. The summed E-state index contributed by atoms with van der Waals surface area (Å²) in [5, 5.41) is 10.3. The molecule has 0 atom stereocenters. The Labute approximate surface area is 405 Å². The minimum atomic E-state index is 1.15. The highest BCUT2D eigenvalue weighted by molar-refractivity contribution is 6.23. The second-order valence-corrected chi connectivity index (χ2v) is 18.8. The molecule has 70 heavy (non-hydrogen) atoms. The van der Waals surface area contributed by atoms with Gasteiger partial charge in [-0.3, -0.25) is 0 Å². The fraction of sp³-hybridized carbons (Fsp3) is 0. The molecule has 15 rings (SSSR count). The topological polar surface area (TPSA) is 9.86 Å². The van der Waals surface area contributed by atoms with Gasteiger partial charge in [0.15, 0.2) is 0 Å². The van der Waals surface area contributed by atoms with Crippen LogP contribution in [0.3, 0.4) is 0 Å². The van der Waals surface area contributed by atoms with Crippen molar-refractivity contribution < 1.29 is 0 Å². The van der Waals surface area contributed by atoms with Gasteiger partial charge in [-0.1, -0.05) is 182 Å². The molecular weight excluding hydrogens is 845 g/mol. The maximum Gasteiger partial charge on any atom is 0.0541 e. The predicted molar refractivity (Wildman–Crippen MR) is 296 cm³/mol. The molecule has 0 saturated heterocycles. The molecule has 0 spiro atoms. The second-order valence-electron chi connectivity index (χ2n) is 18.8. The number of fused-ring (bicyclic) bond motifs is 11. The number of hydrogen-bond acceptors (Lipinski definition) is 0. The lowest BCUT2D eigenvalue weighted by Gasteiger charge is -2.11. The molecule has 1 aliphatic rings. The maximum atomic E-state index is 2.42. The first-order valence-corrected chi connectivity index (χ1v) is 24.2. The lowest BCUT2D eigenvalue weighted by Crippen LogP contribution is -1.94. The van der Waals surface area contributed by atoms with Gasteiger partial charge in [0.2, 0.25) is 0 Å². The van der Waals surface area contributed by atoms with Crippen LogP contribution in [0.5, 0.6) is 0 Å². The first-order chi connectivity index (χ1) is 34.7. The highest BCUT2D eigenvalue weighted by Gasteiger charge is 2.24. The molecule has 0 unspecified atom stereocenters. The summed E-state index contributed by atoms with van der Waals surface area (Å²) in [6.45, 7) is 0. The Morgan fingerprint density at radius 2 is 0.629 bits per heavy atom. The Morgan fingerprint density at radius 3 is 1.23 bits per heavy atom. The molecule has 0 saturated carbocycles. The van der Waals surface area contributed by atoms with Gasteiger partial charge in [0.05, 0.1) is 22.1 Å². The Kier molecular flexibility index (Phi) is 8.39. The van der Waals surface area contributed by atoms with E-state index < -0.39 is 0 Å². The molecule has 0 radical (unpaired) electrons. The summed E-state index contributed by atoms with van der Waals surface area (Å²) in [6.07, 6.45) is 0. The summed E-state index contributed by atoms with van der Waals surface area (Å²) >= 11 is 0. The molecule has 324 valence electrons. The zero-order chi connectivity index (χ0) is 45.9. The Morgan fingerprint density at radius 1 is 0.200 bits per heavy atom. The molecule has 0 fully saturated rings. The van der Waals surface area contributed by atoms with Crippen LogP contribution in [0.15, 0.2) is 255 Å². The minimum absolute atomic E-state index is 1.15. The van der Waals surface area contributed by atoms with E-state index in [0.717, 1.165) is 11.4 Å². The summed E-state index contributed by atoms with van der Waals surface area (Å²) < 4.78 is 4.83. The van der Waals surface area contributed by atoms with Crippen LogP contribution in [0.2, 0.25) is 0 Å². The van der Waals surface area contributed by atoms with Crippen molar-refractivity contribution in [2.45, 2.75) is 0 Å².